The van der Waals surface area contributed by atoms with Crippen LogP contribution in [0.15, 0.2) is 78.9 Å². The number of esters is 1. The van der Waals surface area contributed by atoms with Gasteiger partial charge < -0.3 is 14.8 Å². The molecule has 1 saturated carbocycles. The Bertz CT molecular complexity index is 1050. The lowest BCUT2D eigenvalue weighted by molar-refractivity contribution is -0.156. The van der Waals surface area contributed by atoms with E-state index in [4.69, 9.17) is 9.47 Å². The average molecular weight is 419 g/mol. The van der Waals surface area contributed by atoms with Gasteiger partial charge in [-0.3, -0.25) is 9.59 Å². The Morgan fingerprint density at radius 1 is 0.968 bits per heavy atom. The standard InChI is InChI=1S/C25H22FNO4/c1-30-20-13-11-19(12-14-20)27-24(28)23(17-5-3-2-4-6-17)31-25(29)22-15-21(22)16-7-9-18(26)10-8-16/h2-14,21-23H,15H2,1H3,(H,27,28). The number of methoxy groups -OCH3 is 1. The maximum absolute atomic E-state index is 13.2. The lowest BCUT2D eigenvalue weighted by Gasteiger charge is -2.18. The summed E-state index contributed by atoms with van der Waals surface area (Å²) in [4.78, 5) is 25.8. The number of carbonyl (C=O) groups is 2. The number of rotatable bonds is 7. The molecule has 0 aliphatic heterocycles. The minimum Gasteiger partial charge on any atom is -0.497 e. The summed E-state index contributed by atoms with van der Waals surface area (Å²) in [5.41, 5.74) is 2.04. The molecular weight excluding hydrogens is 397 g/mol. The molecule has 1 N–H and O–H groups in total. The SMILES string of the molecule is COc1ccc(NC(=O)C(OC(=O)C2CC2c2ccc(F)cc2)c2ccccc2)cc1. The number of amides is 1. The zero-order valence-electron chi connectivity index (χ0n) is 17.0. The van der Waals surface area contributed by atoms with E-state index in [0.717, 1.165) is 5.56 Å². The third-order valence-corrected chi connectivity index (χ3v) is 5.32. The topological polar surface area (TPSA) is 64.6 Å². The third kappa shape index (κ3) is 4.91. The summed E-state index contributed by atoms with van der Waals surface area (Å²) in [6.07, 6.45) is -0.461. The molecule has 0 spiro atoms. The highest BCUT2D eigenvalue weighted by atomic mass is 19.1. The van der Waals surface area contributed by atoms with Gasteiger partial charge >= 0.3 is 5.97 Å². The van der Waals surface area contributed by atoms with Crippen LogP contribution in [0.25, 0.3) is 0 Å². The highest BCUT2D eigenvalue weighted by Crippen LogP contribution is 2.48. The zero-order valence-corrected chi connectivity index (χ0v) is 17.0. The number of hydrogen-bond donors (Lipinski definition) is 1. The molecule has 1 amide bonds. The van der Waals surface area contributed by atoms with E-state index < -0.39 is 18.0 Å². The van der Waals surface area contributed by atoms with Gasteiger partial charge in [-0.15, -0.1) is 0 Å². The smallest absolute Gasteiger partial charge is 0.310 e. The quantitative estimate of drug-likeness (QED) is 0.556. The molecule has 0 heterocycles. The van der Waals surface area contributed by atoms with E-state index in [1.807, 2.05) is 6.07 Å². The predicted molar refractivity (Wildman–Crippen MR) is 114 cm³/mol. The first kappa shape index (κ1) is 20.6. The molecule has 0 radical (unpaired) electrons. The molecule has 1 aliphatic carbocycles. The maximum Gasteiger partial charge on any atom is 0.310 e. The van der Waals surface area contributed by atoms with Crippen molar-refractivity contribution in [3.8, 4) is 5.75 Å². The van der Waals surface area contributed by atoms with Crippen LogP contribution in [0.3, 0.4) is 0 Å². The summed E-state index contributed by atoms with van der Waals surface area (Å²) in [5.74, 6) is -0.885. The second-order valence-corrected chi connectivity index (χ2v) is 7.45. The van der Waals surface area contributed by atoms with Gasteiger partial charge in [0.15, 0.2) is 0 Å². The van der Waals surface area contributed by atoms with Crippen molar-refractivity contribution in [2.45, 2.75) is 18.4 Å². The fraction of sp³-hybridized carbons (Fsp3) is 0.200. The largest absolute Gasteiger partial charge is 0.497 e. The van der Waals surface area contributed by atoms with Crippen molar-refractivity contribution in [1.29, 1.82) is 0 Å². The Labute approximate surface area is 179 Å². The van der Waals surface area contributed by atoms with Gasteiger partial charge in [0.05, 0.1) is 13.0 Å². The Morgan fingerprint density at radius 3 is 2.29 bits per heavy atom. The number of ether oxygens (including phenoxy) is 2. The first-order chi connectivity index (χ1) is 15.0. The summed E-state index contributed by atoms with van der Waals surface area (Å²) in [6.45, 7) is 0. The molecule has 3 unspecified atom stereocenters. The van der Waals surface area contributed by atoms with Crippen molar-refractivity contribution in [1.82, 2.24) is 0 Å². The Hall–Kier alpha value is -3.67. The van der Waals surface area contributed by atoms with E-state index in [9.17, 15) is 14.0 Å². The van der Waals surface area contributed by atoms with Gasteiger partial charge in [-0.25, -0.2) is 4.39 Å². The first-order valence-electron chi connectivity index (χ1n) is 10.0. The summed E-state index contributed by atoms with van der Waals surface area (Å²) >= 11 is 0. The normalized spacial score (nSPS) is 18.0. The number of anilines is 1. The fourth-order valence-corrected chi connectivity index (χ4v) is 3.52. The van der Waals surface area contributed by atoms with E-state index in [1.165, 1.54) is 12.1 Å². The number of benzene rings is 3. The minimum atomic E-state index is -1.08. The van der Waals surface area contributed by atoms with Crippen molar-refractivity contribution in [2.24, 2.45) is 5.92 Å². The summed E-state index contributed by atoms with van der Waals surface area (Å²) in [5, 5.41) is 2.79. The van der Waals surface area contributed by atoms with Crippen molar-refractivity contribution in [3.63, 3.8) is 0 Å². The summed E-state index contributed by atoms with van der Waals surface area (Å²) < 4.78 is 23.9. The minimum absolute atomic E-state index is 0.0193. The molecule has 3 aromatic carbocycles. The van der Waals surface area contributed by atoms with E-state index >= 15 is 0 Å². The lowest BCUT2D eigenvalue weighted by Crippen LogP contribution is -2.26. The van der Waals surface area contributed by atoms with E-state index in [2.05, 4.69) is 5.32 Å². The number of halogens is 1. The Kier molecular flexibility index (Phi) is 5.98. The van der Waals surface area contributed by atoms with Gasteiger partial charge in [-0.05, 0) is 54.3 Å². The van der Waals surface area contributed by atoms with Gasteiger partial charge in [0, 0.05) is 11.3 Å². The first-order valence-corrected chi connectivity index (χ1v) is 10.0. The van der Waals surface area contributed by atoms with Crippen LogP contribution in [0.4, 0.5) is 10.1 Å². The molecule has 31 heavy (non-hydrogen) atoms. The van der Waals surface area contributed by atoms with Crippen LogP contribution in [-0.2, 0) is 14.3 Å². The van der Waals surface area contributed by atoms with Gasteiger partial charge in [0.2, 0.25) is 6.10 Å². The molecule has 5 nitrogen and oxygen atoms in total. The molecule has 4 rings (SSSR count). The van der Waals surface area contributed by atoms with Crippen molar-refractivity contribution < 1.29 is 23.5 Å². The van der Waals surface area contributed by atoms with Crippen molar-refractivity contribution >= 4 is 17.6 Å². The monoisotopic (exact) mass is 419 g/mol. The van der Waals surface area contributed by atoms with Crippen LogP contribution in [0, 0.1) is 11.7 Å². The van der Waals surface area contributed by atoms with Crippen LogP contribution in [0.5, 0.6) is 5.75 Å². The second kappa shape index (κ2) is 9.00. The molecule has 0 aromatic heterocycles. The molecule has 1 fully saturated rings. The predicted octanol–water partition coefficient (Wildman–Crippen LogP) is 4.86. The van der Waals surface area contributed by atoms with Crippen molar-refractivity contribution in [2.75, 3.05) is 12.4 Å². The molecule has 0 bridgehead atoms. The van der Waals surface area contributed by atoms with E-state index in [0.29, 0.717) is 23.4 Å². The molecule has 158 valence electrons. The molecule has 3 aromatic rings. The summed E-state index contributed by atoms with van der Waals surface area (Å²) in [7, 11) is 1.57. The Balaban J connectivity index is 1.47. The van der Waals surface area contributed by atoms with Crippen LogP contribution >= 0.6 is 0 Å². The van der Waals surface area contributed by atoms with Crippen LogP contribution < -0.4 is 10.1 Å². The number of carbonyl (C=O) groups excluding carboxylic acids is 2. The molecule has 6 heteroatoms. The Morgan fingerprint density at radius 2 is 1.65 bits per heavy atom. The number of hydrogen-bond acceptors (Lipinski definition) is 4. The van der Waals surface area contributed by atoms with Gasteiger partial charge in [0.25, 0.3) is 5.91 Å². The zero-order chi connectivity index (χ0) is 21.8. The van der Waals surface area contributed by atoms with Gasteiger partial charge in [-0.1, -0.05) is 42.5 Å². The number of nitrogens with one attached hydrogen (secondary N) is 1. The van der Waals surface area contributed by atoms with E-state index in [1.54, 1.807) is 67.8 Å². The van der Waals surface area contributed by atoms with Crippen LogP contribution in [-0.4, -0.2) is 19.0 Å². The summed E-state index contributed by atoms with van der Waals surface area (Å²) in [6, 6.07) is 21.9. The highest BCUT2D eigenvalue weighted by molar-refractivity contribution is 5.96. The maximum atomic E-state index is 13.2. The molecular formula is C25H22FNO4. The van der Waals surface area contributed by atoms with Crippen LogP contribution in [0.2, 0.25) is 0 Å². The molecule has 1 aliphatic rings. The van der Waals surface area contributed by atoms with Gasteiger partial charge in [-0.2, -0.15) is 0 Å². The average Bonchev–Trinajstić information content (AvgIpc) is 3.60. The molecule has 0 saturated heterocycles. The third-order valence-electron chi connectivity index (χ3n) is 5.32. The highest BCUT2D eigenvalue weighted by Gasteiger charge is 2.46. The lowest BCUT2D eigenvalue weighted by atomic mass is 10.1. The van der Waals surface area contributed by atoms with Crippen LogP contribution in [0.1, 0.15) is 29.6 Å². The second-order valence-electron chi connectivity index (χ2n) is 7.45. The van der Waals surface area contributed by atoms with E-state index in [-0.39, 0.29) is 17.7 Å². The van der Waals surface area contributed by atoms with Gasteiger partial charge in [0.1, 0.15) is 11.6 Å². The molecule has 3 atom stereocenters. The fourth-order valence-electron chi connectivity index (χ4n) is 3.52. The van der Waals surface area contributed by atoms with Crippen molar-refractivity contribution in [3.05, 3.63) is 95.8 Å².